The number of anilines is 2. The van der Waals surface area contributed by atoms with Gasteiger partial charge in [-0.25, -0.2) is 4.98 Å². The Balaban J connectivity index is 1.27. The minimum absolute atomic E-state index is 0.0179. The maximum atomic E-state index is 12.9. The Morgan fingerprint density at radius 2 is 1.94 bits per heavy atom. The van der Waals surface area contributed by atoms with Crippen LogP contribution in [0.3, 0.4) is 0 Å². The van der Waals surface area contributed by atoms with E-state index in [2.05, 4.69) is 29.0 Å². The van der Waals surface area contributed by atoms with E-state index in [0.717, 1.165) is 36.5 Å². The minimum atomic E-state index is -0.536. The number of likely N-dealkylation sites (N-methyl/N-ethyl adjacent to an activating group) is 1. The first-order valence-electron chi connectivity index (χ1n) is 12.8. The molecule has 0 aliphatic heterocycles. The average Bonchev–Trinajstić information content (AvgIpc) is 3.50. The Bertz CT molecular complexity index is 1210. The van der Waals surface area contributed by atoms with Gasteiger partial charge in [-0.3, -0.25) is 9.36 Å². The van der Waals surface area contributed by atoms with Gasteiger partial charge in [0.05, 0.1) is 0 Å². The summed E-state index contributed by atoms with van der Waals surface area (Å²) in [7, 11) is 0. The van der Waals surface area contributed by atoms with E-state index in [9.17, 15) is 9.90 Å². The Morgan fingerprint density at radius 1 is 1.14 bits per heavy atom. The predicted molar refractivity (Wildman–Crippen MR) is 137 cm³/mol. The first-order valence-corrected chi connectivity index (χ1v) is 12.8. The molecule has 2 N–H and O–H groups in total. The van der Waals surface area contributed by atoms with E-state index < -0.39 is 6.10 Å². The van der Waals surface area contributed by atoms with Crippen LogP contribution in [0, 0.1) is 11.8 Å². The lowest BCUT2D eigenvalue weighted by molar-refractivity contribution is 0.0716. The zero-order valence-corrected chi connectivity index (χ0v) is 20.6. The Hall–Kier alpha value is -2.97. The van der Waals surface area contributed by atoms with E-state index in [1.807, 2.05) is 34.9 Å². The number of rotatable bonds is 10. The summed E-state index contributed by atoms with van der Waals surface area (Å²) in [4.78, 5) is 24.2. The van der Waals surface area contributed by atoms with Crippen LogP contribution in [0.5, 0.6) is 5.75 Å². The molecule has 0 amide bonds. The summed E-state index contributed by atoms with van der Waals surface area (Å²) in [6.07, 6.45) is 6.03. The molecule has 8 heteroatoms. The van der Waals surface area contributed by atoms with Crippen molar-refractivity contribution in [2.24, 2.45) is 11.8 Å². The molecule has 4 unspecified atom stereocenters. The van der Waals surface area contributed by atoms with Gasteiger partial charge in [0.1, 0.15) is 24.1 Å². The summed E-state index contributed by atoms with van der Waals surface area (Å²) >= 11 is 0. The molecule has 35 heavy (non-hydrogen) atoms. The molecule has 0 saturated heterocycles. The second-order valence-corrected chi connectivity index (χ2v) is 9.86. The lowest BCUT2D eigenvalue weighted by Crippen LogP contribution is -2.35. The maximum Gasteiger partial charge on any atom is 0.252 e. The molecular weight excluding hydrogens is 442 g/mol. The number of hydrogen-bond donors (Lipinski definition) is 2. The van der Waals surface area contributed by atoms with E-state index in [1.54, 1.807) is 12.3 Å². The highest BCUT2D eigenvalue weighted by molar-refractivity contribution is 5.76. The fraction of sp³-hybridized carbons (Fsp3) is 0.519. The summed E-state index contributed by atoms with van der Waals surface area (Å²) < 4.78 is 7.67. The molecule has 2 heterocycles. The van der Waals surface area contributed by atoms with Gasteiger partial charge in [0.25, 0.3) is 5.56 Å². The molecule has 2 bridgehead atoms. The Kier molecular flexibility index (Phi) is 7.02. The number of ether oxygens (including phenoxy) is 1. The molecule has 2 saturated carbocycles. The van der Waals surface area contributed by atoms with E-state index in [4.69, 9.17) is 9.72 Å². The Morgan fingerprint density at radius 3 is 2.63 bits per heavy atom. The third kappa shape index (κ3) is 5.18. The summed E-state index contributed by atoms with van der Waals surface area (Å²) in [5.41, 5.74) is 1.55. The summed E-state index contributed by atoms with van der Waals surface area (Å²) in [6, 6.07) is 11.2. The summed E-state index contributed by atoms with van der Waals surface area (Å²) in [5.74, 6) is 2.47. The van der Waals surface area contributed by atoms with Crippen LogP contribution in [-0.4, -0.2) is 56.9 Å². The second-order valence-electron chi connectivity index (χ2n) is 9.86. The normalized spacial score (nSPS) is 22.1. The number of nitrogens with one attached hydrogen (secondary N) is 1. The van der Waals surface area contributed by atoms with Gasteiger partial charge in [-0.05, 0) is 74.5 Å². The van der Waals surface area contributed by atoms with Crippen LogP contribution in [0.15, 0.2) is 47.4 Å². The predicted octanol–water partition coefficient (Wildman–Crippen LogP) is 3.98. The van der Waals surface area contributed by atoms with Crippen molar-refractivity contribution < 1.29 is 9.84 Å². The number of aliphatic hydroxyl groups is 1. The highest BCUT2D eigenvalue weighted by Crippen LogP contribution is 2.50. The average molecular weight is 478 g/mol. The number of pyridine rings is 1. The van der Waals surface area contributed by atoms with E-state index >= 15 is 0 Å². The molecule has 186 valence electrons. The van der Waals surface area contributed by atoms with Crippen LogP contribution in [0.1, 0.15) is 45.6 Å². The van der Waals surface area contributed by atoms with Crippen LogP contribution in [0.4, 0.5) is 11.6 Å². The molecule has 2 fully saturated rings. The molecule has 2 aliphatic carbocycles. The lowest BCUT2D eigenvalue weighted by Gasteiger charge is -2.25. The molecule has 2 aromatic heterocycles. The fourth-order valence-electron chi connectivity index (χ4n) is 5.74. The molecule has 8 nitrogen and oxygen atoms in total. The highest BCUT2D eigenvalue weighted by atomic mass is 16.5. The summed E-state index contributed by atoms with van der Waals surface area (Å²) in [6.45, 7) is 6.82. The van der Waals surface area contributed by atoms with Crippen LogP contribution < -0.4 is 15.6 Å². The topological polar surface area (TPSA) is 92.5 Å². The molecule has 0 radical (unpaired) electrons. The molecule has 2 aliphatic rings. The van der Waals surface area contributed by atoms with Crippen molar-refractivity contribution in [1.29, 1.82) is 0 Å². The van der Waals surface area contributed by atoms with Gasteiger partial charge >= 0.3 is 0 Å². The highest BCUT2D eigenvalue weighted by Gasteiger charge is 2.41. The number of hydrogen-bond acceptors (Lipinski definition) is 7. The third-order valence-corrected chi connectivity index (χ3v) is 7.62. The number of aromatic nitrogens is 3. The van der Waals surface area contributed by atoms with Crippen LogP contribution in [0.25, 0.3) is 11.0 Å². The van der Waals surface area contributed by atoms with Crippen LogP contribution >= 0.6 is 0 Å². The molecular formula is C27H35N5O3. The fourth-order valence-corrected chi connectivity index (χ4v) is 5.74. The zero-order chi connectivity index (χ0) is 24.4. The summed E-state index contributed by atoms with van der Waals surface area (Å²) in [5, 5.41) is 14.3. The SMILES string of the molecule is CCN(CC)CC(O)COc1ccc(Nc2ncc3ccc(=O)n(C4CC5CCC4C5)c3n2)cc1. The van der Waals surface area contributed by atoms with Crippen LogP contribution in [-0.2, 0) is 0 Å². The third-order valence-electron chi connectivity index (χ3n) is 7.62. The standard InChI is InChI=1S/C27H35N5O3/c1-3-31(4-2)16-22(33)17-35-23-10-8-21(9-11-23)29-27-28-15-20-7-12-25(34)32(26(20)30-27)24-14-18-5-6-19(24)13-18/h7-12,15,18-19,22,24,33H,3-6,13-14,16-17H2,1-2H3,(H,28,29,30). The maximum absolute atomic E-state index is 12.9. The van der Waals surface area contributed by atoms with Gasteiger partial charge in [0.2, 0.25) is 5.95 Å². The lowest BCUT2D eigenvalue weighted by atomic mass is 9.95. The largest absolute Gasteiger partial charge is 0.491 e. The van der Waals surface area contributed by atoms with Crippen molar-refractivity contribution in [1.82, 2.24) is 19.4 Å². The van der Waals surface area contributed by atoms with Crippen LogP contribution in [0.2, 0.25) is 0 Å². The van der Waals surface area contributed by atoms with Gasteiger partial charge in [-0.1, -0.05) is 20.3 Å². The van der Waals surface area contributed by atoms with Gasteiger partial charge in [-0.15, -0.1) is 0 Å². The molecule has 5 rings (SSSR count). The Labute approximate surface area is 206 Å². The molecule has 0 spiro atoms. The number of fused-ring (bicyclic) bond motifs is 3. The molecule has 1 aromatic carbocycles. The van der Waals surface area contributed by atoms with Crippen molar-refractivity contribution in [3.05, 3.63) is 52.9 Å². The number of nitrogens with zero attached hydrogens (tertiary/aromatic N) is 4. The first-order chi connectivity index (χ1) is 17.0. The van der Waals surface area contributed by atoms with Gasteiger partial charge in [-0.2, -0.15) is 4.98 Å². The second kappa shape index (κ2) is 10.3. The van der Waals surface area contributed by atoms with Gasteiger partial charge in [0, 0.05) is 35.9 Å². The van der Waals surface area contributed by atoms with Crippen molar-refractivity contribution >= 4 is 22.7 Å². The van der Waals surface area contributed by atoms with Crippen molar-refractivity contribution in [3.8, 4) is 5.75 Å². The van der Waals surface area contributed by atoms with E-state index in [0.29, 0.717) is 29.8 Å². The van der Waals surface area contributed by atoms with E-state index in [-0.39, 0.29) is 18.2 Å². The first kappa shape index (κ1) is 23.8. The van der Waals surface area contributed by atoms with Crippen molar-refractivity contribution in [3.63, 3.8) is 0 Å². The molecule has 4 atom stereocenters. The van der Waals surface area contributed by atoms with Crippen molar-refractivity contribution in [2.45, 2.75) is 51.7 Å². The monoisotopic (exact) mass is 477 g/mol. The zero-order valence-electron chi connectivity index (χ0n) is 20.6. The van der Waals surface area contributed by atoms with E-state index in [1.165, 1.54) is 19.3 Å². The van der Waals surface area contributed by atoms with Gasteiger partial charge in [0.15, 0.2) is 0 Å². The van der Waals surface area contributed by atoms with Crippen molar-refractivity contribution in [2.75, 3.05) is 31.6 Å². The number of benzene rings is 1. The smallest absolute Gasteiger partial charge is 0.252 e. The number of aliphatic hydroxyl groups excluding tert-OH is 1. The minimum Gasteiger partial charge on any atom is -0.491 e. The quantitative estimate of drug-likeness (QED) is 0.456. The van der Waals surface area contributed by atoms with Gasteiger partial charge < -0.3 is 20.1 Å². The molecule has 3 aromatic rings.